The average molecular weight is 394 g/mol. The molecule has 0 saturated carbocycles. The first kappa shape index (κ1) is 19.8. The Morgan fingerprint density at radius 1 is 1.07 bits per heavy atom. The van der Waals surface area contributed by atoms with Crippen molar-refractivity contribution in [2.45, 2.75) is 27.7 Å². The molecule has 0 atom stereocenters. The van der Waals surface area contributed by atoms with Crippen molar-refractivity contribution in [3.05, 3.63) is 69.9 Å². The van der Waals surface area contributed by atoms with Crippen LogP contribution in [0.5, 0.6) is 0 Å². The number of benzene rings is 1. The molecule has 3 rings (SSSR count). The highest BCUT2D eigenvalue weighted by molar-refractivity contribution is 7.17. The van der Waals surface area contributed by atoms with Crippen LogP contribution in [-0.4, -0.2) is 23.5 Å². The van der Waals surface area contributed by atoms with Gasteiger partial charge in [0, 0.05) is 28.4 Å². The van der Waals surface area contributed by atoms with Crippen LogP contribution >= 0.6 is 11.3 Å². The minimum absolute atomic E-state index is 0.262. The van der Waals surface area contributed by atoms with Crippen molar-refractivity contribution < 1.29 is 14.3 Å². The van der Waals surface area contributed by atoms with Crippen molar-refractivity contribution >= 4 is 28.2 Å². The SMILES string of the molecule is CCOC(=O)c1c(NC(=O)c2ccncc2)sc(C)c1-c1ccc(C)c(C)c1. The highest BCUT2D eigenvalue weighted by Gasteiger charge is 2.26. The number of amides is 1. The summed E-state index contributed by atoms with van der Waals surface area (Å²) < 4.78 is 5.29. The van der Waals surface area contributed by atoms with E-state index in [1.54, 1.807) is 31.5 Å². The van der Waals surface area contributed by atoms with Crippen LogP contribution in [0.2, 0.25) is 0 Å². The molecular formula is C22H22N2O3S. The minimum Gasteiger partial charge on any atom is -0.462 e. The second-order valence-corrected chi connectivity index (χ2v) is 7.67. The van der Waals surface area contributed by atoms with Crippen LogP contribution in [0.1, 0.15) is 43.6 Å². The maximum Gasteiger partial charge on any atom is 0.341 e. The molecular weight excluding hydrogens is 372 g/mol. The van der Waals surface area contributed by atoms with E-state index in [0.29, 0.717) is 16.1 Å². The van der Waals surface area contributed by atoms with Crippen LogP contribution in [0.4, 0.5) is 5.00 Å². The number of nitrogens with one attached hydrogen (secondary N) is 1. The fourth-order valence-electron chi connectivity index (χ4n) is 2.95. The first-order chi connectivity index (χ1) is 13.4. The molecule has 0 saturated heterocycles. The fourth-order valence-corrected chi connectivity index (χ4v) is 4.01. The number of esters is 1. The lowest BCUT2D eigenvalue weighted by molar-refractivity contribution is 0.0529. The number of nitrogens with zero attached hydrogens (tertiary/aromatic N) is 1. The molecule has 0 bridgehead atoms. The maximum atomic E-state index is 12.8. The molecule has 3 aromatic rings. The molecule has 1 aromatic carbocycles. The highest BCUT2D eigenvalue weighted by atomic mass is 32.1. The molecule has 0 radical (unpaired) electrons. The van der Waals surface area contributed by atoms with Gasteiger partial charge >= 0.3 is 5.97 Å². The number of carbonyl (C=O) groups excluding carboxylic acids is 2. The van der Waals surface area contributed by atoms with Gasteiger partial charge in [-0.2, -0.15) is 0 Å². The molecule has 0 aliphatic carbocycles. The Morgan fingerprint density at radius 2 is 1.79 bits per heavy atom. The van der Waals surface area contributed by atoms with E-state index in [1.165, 1.54) is 16.9 Å². The van der Waals surface area contributed by atoms with Gasteiger partial charge in [-0.1, -0.05) is 18.2 Å². The number of ether oxygens (including phenoxy) is 1. The van der Waals surface area contributed by atoms with Gasteiger partial charge in [-0.05, 0) is 56.5 Å². The van der Waals surface area contributed by atoms with Gasteiger partial charge in [0.05, 0.1) is 6.61 Å². The topological polar surface area (TPSA) is 68.3 Å². The second kappa shape index (κ2) is 8.35. The van der Waals surface area contributed by atoms with Gasteiger partial charge < -0.3 is 10.1 Å². The summed E-state index contributed by atoms with van der Waals surface area (Å²) in [6.45, 7) is 8.06. The summed E-state index contributed by atoms with van der Waals surface area (Å²) in [6.07, 6.45) is 3.11. The lowest BCUT2D eigenvalue weighted by Gasteiger charge is -2.10. The van der Waals surface area contributed by atoms with Gasteiger partial charge in [0.25, 0.3) is 5.91 Å². The second-order valence-electron chi connectivity index (χ2n) is 6.45. The third-order valence-electron chi connectivity index (χ3n) is 4.53. The van der Waals surface area contributed by atoms with Crippen LogP contribution in [-0.2, 0) is 4.74 Å². The van der Waals surface area contributed by atoms with Crippen molar-refractivity contribution in [2.24, 2.45) is 0 Å². The molecule has 2 aromatic heterocycles. The van der Waals surface area contributed by atoms with E-state index in [1.807, 2.05) is 32.9 Å². The summed E-state index contributed by atoms with van der Waals surface area (Å²) in [7, 11) is 0. The number of aromatic nitrogens is 1. The number of pyridine rings is 1. The van der Waals surface area contributed by atoms with Gasteiger partial charge in [0.2, 0.25) is 0 Å². The van der Waals surface area contributed by atoms with E-state index in [-0.39, 0.29) is 12.5 Å². The Bertz CT molecular complexity index is 1030. The van der Waals surface area contributed by atoms with E-state index in [9.17, 15) is 9.59 Å². The Hall–Kier alpha value is -2.99. The molecule has 144 valence electrons. The summed E-state index contributed by atoms with van der Waals surface area (Å²) in [6, 6.07) is 9.34. The molecule has 0 aliphatic rings. The summed E-state index contributed by atoms with van der Waals surface area (Å²) >= 11 is 1.37. The van der Waals surface area contributed by atoms with Crippen LogP contribution < -0.4 is 5.32 Å². The lowest BCUT2D eigenvalue weighted by atomic mass is 9.97. The van der Waals surface area contributed by atoms with Crippen LogP contribution in [0.15, 0.2) is 42.7 Å². The van der Waals surface area contributed by atoms with E-state index in [2.05, 4.69) is 16.4 Å². The molecule has 2 heterocycles. The molecule has 5 nitrogen and oxygen atoms in total. The third kappa shape index (κ3) is 3.97. The van der Waals surface area contributed by atoms with E-state index in [4.69, 9.17) is 4.74 Å². The molecule has 0 aliphatic heterocycles. The van der Waals surface area contributed by atoms with Crippen LogP contribution in [0.3, 0.4) is 0 Å². The molecule has 0 unspecified atom stereocenters. The smallest absolute Gasteiger partial charge is 0.341 e. The number of hydrogen-bond donors (Lipinski definition) is 1. The Labute approximate surface area is 168 Å². The van der Waals surface area contributed by atoms with Gasteiger partial charge in [0.15, 0.2) is 0 Å². The van der Waals surface area contributed by atoms with E-state index >= 15 is 0 Å². The predicted molar refractivity (Wildman–Crippen MR) is 112 cm³/mol. The first-order valence-electron chi connectivity index (χ1n) is 9.01. The number of carbonyl (C=O) groups is 2. The molecule has 28 heavy (non-hydrogen) atoms. The number of anilines is 1. The molecule has 0 spiro atoms. The third-order valence-corrected chi connectivity index (χ3v) is 5.55. The summed E-state index contributed by atoms with van der Waals surface area (Å²) in [5.74, 6) is -0.731. The van der Waals surface area contributed by atoms with Crippen molar-refractivity contribution in [2.75, 3.05) is 11.9 Å². The standard InChI is InChI=1S/C22H22N2O3S/c1-5-27-22(26)19-18(17-7-6-13(2)14(3)12-17)15(4)28-21(19)24-20(25)16-8-10-23-11-9-16/h6-12H,5H2,1-4H3,(H,24,25). The Balaban J connectivity index is 2.09. The fraction of sp³-hybridized carbons (Fsp3) is 0.227. The zero-order valence-corrected chi connectivity index (χ0v) is 17.1. The lowest BCUT2D eigenvalue weighted by Crippen LogP contribution is -2.14. The number of thiophene rings is 1. The van der Waals surface area contributed by atoms with Crippen molar-refractivity contribution in [3.8, 4) is 11.1 Å². The van der Waals surface area contributed by atoms with Crippen molar-refractivity contribution in [1.82, 2.24) is 4.98 Å². The molecule has 0 fully saturated rings. The first-order valence-corrected chi connectivity index (χ1v) is 9.83. The number of aryl methyl sites for hydroxylation is 3. The quantitative estimate of drug-likeness (QED) is 0.607. The normalized spacial score (nSPS) is 10.6. The largest absolute Gasteiger partial charge is 0.462 e. The zero-order valence-electron chi connectivity index (χ0n) is 16.3. The van der Waals surface area contributed by atoms with Crippen molar-refractivity contribution in [1.29, 1.82) is 0 Å². The summed E-state index contributed by atoms with van der Waals surface area (Å²) in [4.78, 5) is 30.3. The van der Waals surface area contributed by atoms with Crippen LogP contribution in [0, 0.1) is 20.8 Å². The minimum atomic E-state index is -0.440. The van der Waals surface area contributed by atoms with Gasteiger partial charge in [-0.15, -0.1) is 11.3 Å². The van der Waals surface area contributed by atoms with Gasteiger partial charge in [-0.25, -0.2) is 4.79 Å². The summed E-state index contributed by atoms with van der Waals surface area (Å²) in [5.41, 5.74) is 4.93. The van der Waals surface area contributed by atoms with Crippen LogP contribution in [0.25, 0.3) is 11.1 Å². The monoisotopic (exact) mass is 394 g/mol. The number of rotatable bonds is 5. The Kier molecular flexibility index (Phi) is 5.90. The molecule has 1 N–H and O–H groups in total. The molecule has 6 heteroatoms. The number of hydrogen-bond acceptors (Lipinski definition) is 5. The molecule has 1 amide bonds. The van der Waals surface area contributed by atoms with E-state index < -0.39 is 5.97 Å². The average Bonchev–Trinajstić information content (AvgIpc) is 3.00. The van der Waals surface area contributed by atoms with E-state index in [0.717, 1.165) is 21.6 Å². The Morgan fingerprint density at radius 3 is 2.43 bits per heavy atom. The highest BCUT2D eigenvalue weighted by Crippen LogP contribution is 2.41. The zero-order chi connectivity index (χ0) is 20.3. The van der Waals surface area contributed by atoms with Crippen molar-refractivity contribution in [3.63, 3.8) is 0 Å². The van der Waals surface area contributed by atoms with Gasteiger partial charge in [0.1, 0.15) is 10.6 Å². The summed E-state index contributed by atoms with van der Waals surface area (Å²) in [5, 5.41) is 3.37. The predicted octanol–water partition coefficient (Wildman–Crippen LogP) is 5.16. The maximum absolute atomic E-state index is 12.8. The van der Waals surface area contributed by atoms with Gasteiger partial charge in [-0.3, -0.25) is 9.78 Å².